The number of nitrogens with zero attached hydrogens (tertiary/aromatic N) is 4. The van der Waals surface area contributed by atoms with Crippen LogP contribution in [0.3, 0.4) is 0 Å². The van der Waals surface area contributed by atoms with Crippen LogP contribution in [0.4, 0.5) is 19.2 Å². The van der Waals surface area contributed by atoms with Crippen LogP contribution < -0.4 is 22.1 Å². The molecule has 3 aliphatic rings. The lowest BCUT2D eigenvalue weighted by Gasteiger charge is -2.35. The molecule has 6 amide bonds. The quantitative estimate of drug-likeness (QED) is 0.267. The summed E-state index contributed by atoms with van der Waals surface area (Å²) in [7, 11) is 0. The average Bonchev–Trinajstić information content (AvgIpc) is 3.03. The van der Waals surface area contributed by atoms with E-state index in [0.717, 1.165) is 51.4 Å². The fraction of sp³-hybridized carbons (Fsp3) is 0.733. The largest absolute Gasteiger partial charge is 0.446 e. The maximum absolute atomic E-state index is 12.8. The van der Waals surface area contributed by atoms with Crippen molar-refractivity contribution in [1.82, 2.24) is 30.2 Å². The summed E-state index contributed by atoms with van der Waals surface area (Å²) in [6, 6.07) is -0.281. The minimum atomic E-state index is -0.334. The van der Waals surface area contributed by atoms with Gasteiger partial charge >= 0.3 is 24.2 Å². The van der Waals surface area contributed by atoms with E-state index in [1.165, 1.54) is 0 Å². The van der Waals surface area contributed by atoms with Gasteiger partial charge in [0.1, 0.15) is 12.2 Å². The number of ether oxygens (including phenoxy) is 2. The van der Waals surface area contributed by atoms with Crippen LogP contribution in [0.1, 0.15) is 51.4 Å². The number of carbonyl (C=O) groups is 4. The summed E-state index contributed by atoms with van der Waals surface area (Å²) in [5.41, 5.74) is 10.9. The van der Waals surface area contributed by atoms with E-state index in [0.29, 0.717) is 78.5 Å². The van der Waals surface area contributed by atoms with Gasteiger partial charge in [0.15, 0.2) is 0 Å². The molecule has 0 atom stereocenters. The second-order valence-electron chi connectivity index (χ2n) is 11.3. The van der Waals surface area contributed by atoms with E-state index in [9.17, 15) is 19.2 Å². The highest BCUT2D eigenvalue weighted by molar-refractivity contribution is 5.75. The Bertz CT molecular complexity index is 879. The Hall–Kier alpha value is -3.52. The molecule has 0 radical (unpaired) electrons. The van der Waals surface area contributed by atoms with Gasteiger partial charge in [-0.1, -0.05) is 24.3 Å². The molecule has 0 unspecified atom stereocenters. The van der Waals surface area contributed by atoms with E-state index in [4.69, 9.17) is 20.9 Å². The molecule has 248 valence electrons. The number of nitrogens with one attached hydrogen (secondary N) is 2. The third-order valence-electron chi connectivity index (χ3n) is 8.03. The van der Waals surface area contributed by atoms with Gasteiger partial charge in [-0.2, -0.15) is 0 Å². The number of amides is 6. The molecule has 2 heterocycles. The normalized spacial score (nSPS) is 21.6. The Balaban J connectivity index is 1.29. The van der Waals surface area contributed by atoms with E-state index in [1.54, 1.807) is 19.6 Å². The monoisotopic (exact) mass is 620 g/mol. The van der Waals surface area contributed by atoms with Crippen LogP contribution in [0.25, 0.3) is 0 Å². The van der Waals surface area contributed by atoms with Gasteiger partial charge in [0.05, 0.1) is 0 Å². The van der Waals surface area contributed by atoms with Crippen molar-refractivity contribution in [3.8, 4) is 0 Å². The number of nitrogens with two attached hydrogens (primary N) is 2. The highest BCUT2D eigenvalue weighted by atomic mass is 16.6. The molecule has 14 nitrogen and oxygen atoms in total. The van der Waals surface area contributed by atoms with Crippen molar-refractivity contribution in [3.63, 3.8) is 0 Å². The third kappa shape index (κ3) is 12.2. The Kier molecular flexibility index (Phi) is 15.7. The maximum atomic E-state index is 12.8. The topological polar surface area (TPSA) is 176 Å². The van der Waals surface area contributed by atoms with Gasteiger partial charge in [0, 0.05) is 65.4 Å². The van der Waals surface area contributed by atoms with Gasteiger partial charge in [-0.3, -0.25) is 0 Å². The van der Waals surface area contributed by atoms with Crippen LogP contribution in [0.15, 0.2) is 24.3 Å². The predicted octanol–water partition coefficient (Wildman–Crippen LogP) is 1.82. The molecule has 1 aliphatic carbocycles. The highest BCUT2D eigenvalue weighted by Gasteiger charge is 2.30. The van der Waals surface area contributed by atoms with E-state index in [1.807, 2.05) is 24.3 Å². The van der Waals surface area contributed by atoms with Crippen LogP contribution in [0.2, 0.25) is 0 Å². The summed E-state index contributed by atoms with van der Waals surface area (Å²) in [4.78, 5) is 57.0. The van der Waals surface area contributed by atoms with Crippen molar-refractivity contribution in [3.05, 3.63) is 24.3 Å². The minimum absolute atomic E-state index is 0.140. The molecule has 44 heavy (non-hydrogen) atoms. The molecular weight excluding hydrogens is 568 g/mol. The van der Waals surface area contributed by atoms with Crippen molar-refractivity contribution in [2.45, 2.75) is 63.6 Å². The molecule has 2 aliphatic heterocycles. The van der Waals surface area contributed by atoms with Crippen molar-refractivity contribution < 1.29 is 28.7 Å². The standard InChI is InChI=1S/C30H52N8O6/c31-13-3-1-5-15-33-27(39)35-17-21-37(22-18-35)29(41)43-25-9-7-11-26(12-8-10-25)44-30(42)38-23-19-36(20-24-38)28(40)34-16-6-2-4-14-32/h1-2,5-6,25-26H,3-4,7-24,31-32H2,(H,33,39)(H,34,40)/t25-,26+. The highest BCUT2D eigenvalue weighted by Crippen LogP contribution is 2.23. The first kappa shape index (κ1) is 35.0. The molecule has 14 heteroatoms. The third-order valence-corrected chi connectivity index (χ3v) is 8.03. The molecular formula is C30H52N8O6. The van der Waals surface area contributed by atoms with Crippen molar-refractivity contribution >= 4 is 24.2 Å². The summed E-state index contributed by atoms with van der Waals surface area (Å²) < 4.78 is 11.7. The van der Waals surface area contributed by atoms with Crippen LogP contribution in [0, 0.1) is 0 Å². The van der Waals surface area contributed by atoms with Crippen LogP contribution in [-0.2, 0) is 9.47 Å². The summed E-state index contributed by atoms with van der Waals surface area (Å²) in [6.45, 7) is 5.65. The van der Waals surface area contributed by atoms with Gasteiger partial charge in [-0.25, -0.2) is 19.2 Å². The number of hydrogen-bond donors (Lipinski definition) is 4. The zero-order valence-corrected chi connectivity index (χ0v) is 26.0. The minimum Gasteiger partial charge on any atom is -0.446 e. The van der Waals surface area contributed by atoms with Gasteiger partial charge in [0.25, 0.3) is 0 Å². The Morgan fingerprint density at radius 2 is 0.909 bits per heavy atom. The molecule has 1 saturated carbocycles. The van der Waals surface area contributed by atoms with Gasteiger partial charge in [-0.05, 0) is 64.5 Å². The van der Waals surface area contributed by atoms with E-state index >= 15 is 0 Å². The molecule has 0 spiro atoms. The number of hydrogen-bond acceptors (Lipinski definition) is 8. The second kappa shape index (κ2) is 19.7. The summed E-state index contributed by atoms with van der Waals surface area (Å²) in [5.74, 6) is 0. The number of carbonyl (C=O) groups excluding carboxylic acids is 4. The second-order valence-corrected chi connectivity index (χ2v) is 11.3. The molecule has 0 bridgehead atoms. The van der Waals surface area contributed by atoms with Gasteiger partial charge < -0.3 is 51.2 Å². The first-order valence-electron chi connectivity index (χ1n) is 16.1. The molecule has 0 aromatic heterocycles. The lowest BCUT2D eigenvalue weighted by Crippen LogP contribution is -2.53. The predicted molar refractivity (Wildman–Crippen MR) is 167 cm³/mol. The SMILES string of the molecule is NCCC=CCNC(=O)N1CCN(C(=O)O[C@H]2CCC[C@@H](OC(=O)N3CCN(C(=O)NCC=CCCN)CC3)CCC2)CC1. The van der Waals surface area contributed by atoms with Crippen molar-refractivity contribution in [2.75, 3.05) is 78.5 Å². The Labute approximate surface area is 261 Å². The van der Waals surface area contributed by atoms with Gasteiger partial charge in [-0.15, -0.1) is 0 Å². The lowest BCUT2D eigenvalue weighted by molar-refractivity contribution is 0.0197. The number of urea groups is 2. The van der Waals surface area contributed by atoms with Gasteiger partial charge in [0.2, 0.25) is 0 Å². The van der Waals surface area contributed by atoms with Crippen LogP contribution in [-0.4, -0.2) is 135 Å². The number of rotatable bonds is 10. The summed E-state index contributed by atoms with van der Waals surface area (Å²) in [5, 5.41) is 5.71. The fourth-order valence-corrected chi connectivity index (χ4v) is 5.40. The summed E-state index contributed by atoms with van der Waals surface area (Å²) >= 11 is 0. The fourth-order valence-electron chi connectivity index (χ4n) is 5.40. The lowest BCUT2D eigenvalue weighted by atomic mass is 9.96. The smallest absolute Gasteiger partial charge is 0.410 e. The van der Waals surface area contributed by atoms with Crippen molar-refractivity contribution in [2.24, 2.45) is 11.5 Å². The first-order valence-corrected chi connectivity index (χ1v) is 16.1. The van der Waals surface area contributed by atoms with Crippen LogP contribution in [0.5, 0.6) is 0 Å². The Morgan fingerprint density at radius 3 is 1.25 bits per heavy atom. The molecule has 0 aromatic carbocycles. The number of piperazine rings is 2. The molecule has 0 aromatic rings. The summed E-state index contributed by atoms with van der Waals surface area (Å²) in [6.07, 6.45) is 12.7. The molecule has 3 rings (SSSR count). The maximum Gasteiger partial charge on any atom is 0.410 e. The Morgan fingerprint density at radius 1 is 0.568 bits per heavy atom. The van der Waals surface area contributed by atoms with Crippen LogP contribution >= 0.6 is 0 Å². The average molecular weight is 621 g/mol. The van der Waals surface area contributed by atoms with E-state index in [2.05, 4.69) is 10.6 Å². The zero-order chi connectivity index (χ0) is 31.6. The van der Waals surface area contributed by atoms with E-state index < -0.39 is 0 Å². The molecule has 6 N–H and O–H groups in total. The molecule has 3 fully saturated rings. The first-order chi connectivity index (χ1) is 21.4. The zero-order valence-electron chi connectivity index (χ0n) is 26.0. The van der Waals surface area contributed by atoms with E-state index in [-0.39, 0.29) is 36.5 Å². The molecule has 2 saturated heterocycles. The van der Waals surface area contributed by atoms with Crippen molar-refractivity contribution in [1.29, 1.82) is 0 Å².